The highest BCUT2D eigenvalue weighted by atomic mass is 16.6. The normalized spacial score (nSPS) is 10.6. The number of carbonyl (C=O) groups is 1. The summed E-state index contributed by atoms with van der Waals surface area (Å²) < 4.78 is 5.08. The fourth-order valence-electron chi connectivity index (χ4n) is 1.63. The summed E-state index contributed by atoms with van der Waals surface area (Å²) in [7, 11) is 0. The maximum Gasteiger partial charge on any atom is 0.413 e. The van der Waals surface area contributed by atoms with Gasteiger partial charge in [0, 0.05) is 17.3 Å². The van der Waals surface area contributed by atoms with Gasteiger partial charge in [0.15, 0.2) is 5.60 Å². The summed E-state index contributed by atoms with van der Waals surface area (Å²) in [6, 6.07) is 9.95. The van der Waals surface area contributed by atoms with Gasteiger partial charge >= 0.3 is 6.09 Å². The molecule has 1 aromatic heterocycles. The molecule has 6 nitrogen and oxygen atoms in total. The topological polar surface area (TPSA) is 84.1 Å². The summed E-state index contributed by atoms with van der Waals surface area (Å²) in [5.41, 5.74) is 0.761. The number of hydrogen-bond donors (Lipinski definition) is 2. The molecule has 0 atom stereocenters. The Hall–Kier alpha value is -3.07. The Balaban J connectivity index is 2.06. The summed E-state index contributed by atoms with van der Waals surface area (Å²) in [4.78, 5) is 22.7. The first-order valence-corrected chi connectivity index (χ1v) is 6.53. The lowest BCUT2D eigenvalue weighted by atomic mass is 10.1. The predicted octanol–water partition coefficient (Wildman–Crippen LogP) is 2.40. The Labute approximate surface area is 127 Å². The van der Waals surface area contributed by atoms with Crippen LogP contribution in [-0.2, 0) is 4.74 Å². The van der Waals surface area contributed by atoms with Gasteiger partial charge in [-0.25, -0.2) is 9.89 Å². The van der Waals surface area contributed by atoms with Crippen molar-refractivity contribution in [1.29, 1.82) is 0 Å². The molecule has 0 unspecified atom stereocenters. The number of nitrogens with one attached hydrogen (secondary N) is 2. The van der Waals surface area contributed by atoms with Crippen molar-refractivity contribution in [2.24, 2.45) is 0 Å². The van der Waals surface area contributed by atoms with E-state index in [0.717, 1.165) is 5.56 Å². The molecule has 0 fully saturated rings. The van der Waals surface area contributed by atoms with E-state index in [-0.39, 0.29) is 5.56 Å². The van der Waals surface area contributed by atoms with Gasteiger partial charge in [-0.1, -0.05) is 18.1 Å². The lowest BCUT2D eigenvalue weighted by Gasteiger charge is -2.18. The highest BCUT2D eigenvalue weighted by Crippen LogP contribution is 2.19. The van der Waals surface area contributed by atoms with Gasteiger partial charge in [0.1, 0.15) is 0 Å². The maximum atomic E-state index is 11.7. The molecule has 0 saturated heterocycles. The molecule has 2 rings (SSSR count). The van der Waals surface area contributed by atoms with Crippen LogP contribution in [-0.4, -0.2) is 21.9 Å². The van der Waals surface area contributed by atoms with Crippen LogP contribution >= 0.6 is 0 Å². The van der Waals surface area contributed by atoms with E-state index in [1.807, 2.05) is 0 Å². The number of aromatic nitrogens is 2. The minimum absolute atomic E-state index is 0.263. The monoisotopic (exact) mass is 297 g/mol. The van der Waals surface area contributed by atoms with Crippen LogP contribution in [0.4, 0.5) is 10.5 Å². The van der Waals surface area contributed by atoms with E-state index in [1.54, 1.807) is 44.2 Å². The van der Waals surface area contributed by atoms with Crippen molar-refractivity contribution in [1.82, 2.24) is 10.2 Å². The minimum atomic E-state index is -0.968. The Morgan fingerprint density at radius 2 is 1.95 bits per heavy atom. The average Bonchev–Trinajstić information content (AvgIpc) is 2.48. The fraction of sp³-hybridized carbons (Fsp3) is 0.188. The zero-order valence-electron chi connectivity index (χ0n) is 12.2. The van der Waals surface area contributed by atoms with Crippen molar-refractivity contribution in [2.45, 2.75) is 19.4 Å². The Kier molecular flexibility index (Phi) is 4.28. The standard InChI is InChI=1S/C16H15N3O3/c1-4-16(2,3)22-15(21)17-12-7-5-11(6-8-12)13-9-10-14(20)19-18-13/h1,5-10H,2-3H3,(H,17,21)(H,19,20). The zero-order valence-corrected chi connectivity index (χ0v) is 12.2. The molecule has 1 heterocycles. The van der Waals surface area contributed by atoms with Crippen molar-refractivity contribution in [3.8, 4) is 23.6 Å². The summed E-state index contributed by atoms with van der Waals surface area (Å²) >= 11 is 0. The van der Waals surface area contributed by atoms with Crippen molar-refractivity contribution < 1.29 is 9.53 Å². The molecule has 0 aliphatic rings. The molecule has 112 valence electrons. The number of anilines is 1. The number of aromatic amines is 1. The smallest absolute Gasteiger partial charge is 0.413 e. The van der Waals surface area contributed by atoms with Gasteiger partial charge in [-0.2, -0.15) is 5.10 Å². The van der Waals surface area contributed by atoms with Gasteiger partial charge < -0.3 is 4.74 Å². The number of ether oxygens (including phenoxy) is 1. The lowest BCUT2D eigenvalue weighted by molar-refractivity contribution is 0.0906. The molecule has 0 aliphatic heterocycles. The van der Waals surface area contributed by atoms with Crippen molar-refractivity contribution >= 4 is 11.8 Å². The lowest BCUT2D eigenvalue weighted by Crippen LogP contribution is -2.28. The van der Waals surface area contributed by atoms with Crippen molar-refractivity contribution in [3.05, 3.63) is 46.8 Å². The number of rotatable bonds is 3. The molecule has 0 aliphatic carbocycles. The fourth-order valence-corrected chi connectivity index (χ4v) is 1.63. The van der Waals surface area contributed by atoms with Gasteiger partial charge in [0.05, 0.1) is 5.69 Å². The first kappa shape index (κ1) is 15.3. The Morgan fingerprint density at radius 1 is 1.27 bits per heavy atom. The highest BCUT2D eigenvalue weighted by Gasteiger charge is 2.19. The number of benzene rings is 1. The number of nitrogens with zero attached hydrogens (tertiary/aromatic N) is 1. The van der Waals surface area contributed by atoms with Crippen LogP contribution < -0.4 is 10.9 Å². The second-order valence-electron chi connectivity index (χ2n) is 5.05. The number of hydrogen-bond acceptors (Lipinski definition) is 4. The average molecular weight is 297 g/mol. The number of H-pyrrole nitrogens is 1. The van der Waals surface area contributed by atoms with Crippen LogP contribution in [0, 0.1) is 12.3 Å². The van der Waals surface area contributed by atoms with Crippen LogP contribution in [0.2, 0.25) is 0 Å². The first-order chi connectivity index (χ1) is 10.4. The Bertz CT molecular complexity index is 750. The second kappa shape index (κ2) is 6.14. The van der Waals surface area contributed by atoms with Gasteiger partial charge in [0.25, 0.3) is 5.56 Å². The van der Waals surface area contributed by atoms with Crippen LogP contribution in [0.15, 0.2) is 41.2 Å². The molecule has 1 amide bonds. The summed E-state index contributed by atoms with van der Waals surface area (Å²) in [6.07, 6.45) is 4.63. The molecule has 1 aromatic carbocycles. The third-order valence-electron chi connectivity index (χ3n) is 2.80. The number of terminal acetylenes is 1. The molecule has 22 heavy (non-hydrogen) atoms. The molecule has 2 N–H and O–H groups in total. The van der Waals surface area contributed by atoms with Gasteiger partial charge in [-0.3, -0.25) is 10.1 Å². The van der Waals surface area contributed by atoms with Gasteiger partial charge in [-0.15, -0.1) is 6.42 Å². The van der Waals surface area contributed by atoms with Gasteiger partial charge in [0.2, 0.25) is 0 Å². The molecule has 0 bridgehead atoms. The van der Waals surface area contributed by atoms with E-state index in [1.165, 1.54) is 6.07 Å². The molecule has 0 spiro atoms. The quantitative estimate of drug-likeness (QED) is 0.852. The van der Waals surface area contributed by atoms with Gasteiger partial charge in [-0.05, 0) is 32.0 Å². The SMILES string of the molecule is C#CC(C)(C)OC(=O)Nc1ccc(-c2ccc(=O)[nH]n2)cc1. The van der Waals surface area contributed by atoms with E-state index in [2.05, 4.69) is 21.4 Å². The molecule has 0 radical (unpaired) electrons. The molecule has 2 aromatic rings. The summed E-state index contributed by atoms with van der Waals surface area (Å²) in [6.45, 7) is 3.25. The third-order valence-corrected chi connectivity index (χ3v) is 2.80. The van der Waals surface area contributed by atoms with Crippen molar-refractivity contribution in [3.63, 3.8) is 0 Å². The molecule has 6 heteroatoms. The van der Waals surface area contributed by atoms with E-state index >= 15 is 0 Å². The van der Waals surface area contributed by atoms with Crippen molar-refractivity contribution in [2.75, 3.05) is 5.32 Å². The second-order valence-corrected chi connectivity index (χ2v) is 5.05. The summed E-state index contributed by atoms with van der Waals surface area (Å²) in [5, 5.41) is 8.88. The molecule has 0 saturated carbocycles. The first-order valence-electron chi connectivity index (χ1n) is 6.53. The Morgan fingerprint density at radius 3 is 2.50 bits per heavy atom. The third kappa shape index (κ3) is 3.96. The van der Waals surface area contributed by atoms with Crippen LogP contribution in [0.25, 0.3) is 11.3 Å². The highest BCUT2D eigenvalue weighted by molar-refractivity contribution is 5.85. The summed E-state index contributed by atoms with van der Waals surface area (Å²) in [5.74, 6) is 2.37. The molecular weight excluding hydrogens is 282 g/mol. The number of carbonyl (C=O) groups excluding carboxylic acids is 1. The minimum Gasteiger partial charge on any atom is -0.430 e. The number of amides is 1. The largest absolute Gasteiger partial charge is 0.430 e. The zero-order chi connectivity index (χ0) is 16.2. The van der Waals surface area contributed by atoms with E-state index in [4.69, 9.17) is 11.2 Å². The van der Waals surface area contributed by atoms with Crippen LogP contribution in [0.3, 0.4) is 0 Å². The van der Waals surface area contributed by atoms with E-state index in [0.29, 0.717) is 11.4 Å². The van der Waals surface area contributed by atoms with E-state index < -0.39 is 11.7 Å². The molecular formula is C16H15N3O3. The van der Waals surface area contributed by atoms with Crippen LogP contribution in [0.1, 0.15) is 13.8 Å². The predicted molar refractivity (Wildman–Crippen MR) is 83.3 cm³/mol. The maximum absolute atomic E-state index is 11.7. The van der Waals surface area contributed by atoms with E-state index in [9.17, 15) is 9.59 Å². The van der Waals surface area contributed by atoms with Crippen LogP contribution in [0.5, 0.6) is 0 Å².